The summed E-state index contributed by atoms with van der Waals surface area (Å²) in [4.78, 5) is 42.5. The minimum Gasteiger partial charge on any atom is -0.418 e. The second kappa shape index (κ2) is 16.2. The topological polar surface area (TPSA) is 180 Å². The minimum atomic E-state index is -6.00. The number of nitro benzene ring substituents is 4. The lowest BCUT2D eigenvalue weighted by atomic mass is 9.96. The first kappa shape index (κ1) is 39.6. The number of non-ortho nitro benzene ring substituents is 2. The highest BCUT2D eigenvalue weighted by Crippen LogP contribution is 2.32. The quantitative estimate of drug-likeness (QED) is 0.0508. The Morgan fingerprint density at radius 2 is 0.731 bits per heavy atom. The first-order valence-electron chi connectivity index (χ1n) is 13.9. The van der Waals surface area contributed by atoms with Crippen molar-refractivity contribution in [3.8, 4) is 33.6 Å². The number of hydrogen-bond donors (Lipinski definition) is 0. The Balaban J connectivity index is 0.000000644. The molecule has 0 bridgehead atoms. The number of rotatable bonds is 8. The molecule has 2 aromatic heterocycles. The summed E-state index contributed by atoms with van der Waals surface area (Å²) in [5.41, 5.74) is 1.98. The Bertz CT molecular complexity index is 1960. The summed E-state index contributed by atoms with van der Waals surface area (Å²) < 4.78 is 81.0. The largest absolute Gasteiger partial charge is 0.673 e. The van der Waals surface area contributed by atoms with Crippen molar-refractivity contribution in [2.24, 2.45) is 0 Å². The van der Waals surface area contributed by atoms with Crippen molar-refractivity contribution >= 4 is 37.3 Å². The summed E-state index contributed by atoms with van der Waals surface area (Å²) in [6.07, 6.45) is 6.47. The van der Waals surface area contributed by atoms with E-state index in [9.17, 15) is 75.0 Å². The summed E-state index contributed by atoms with van der Waals surface area (Å²) in [5, 5.41) is 45.3. The zero-order valence-electron chi connectivity index (χ0n) is 25.5. The predicted molar refractivity (Wildman–Crippen MR) is 167 cm³/mol. The van der Waals surface area contributed by atoms with Gasteiger partial charge in [0.1, 0.15) is 12.1 Å². The maximum absolute atomic E-state index is 11.6. The normalized spacial score (nSPS) is 10.9. The van der Waals surface area contributed by atoms with Gasteiger partial charge in [0, 0.05) is 48.5 Å². The Morgan fingerprint density at radius 3 is 0.981 bits per heavy atom. The predicted octanol–water partition coefficient (Wildman–Crippen LogP) is 7.81. The highest BCUT2D eigenvalue weighted by Gasteiger charge is 2.28. The summed E-state index contributed by atoms with van der Waals surface area (Å²) >= 11 is 0. The Morgan fingerprint density at radius 1 is 0.442 bits per heavy atom. The Kier molecular flexibility index (Phi) is 12.3. The van der Waals surface area contributed by atoms with Crippen LogP contribution in [0.4, 0.5) is 57.3 Å². The van der Waals surface area contributed by atoms with Crippen molar-refractivity contribution < 1.29 is 63.4 Å². The fourth-order valence-electron chi connectivity index (χ4n) is 4.50. The first-order chi connectivity index (χ1) is 24.1. The van der Waals surface area contributed by atoms with Crippen LogP contribution in [0.3, 0.4) is 0 Å². The third-order valence-corrected chi connectivity index (χ3v) is 6.50. The van der Waals surface area contributed by atoms with Gasteiger partial charge < -0.3 is 34.5 Å². The van der Waals surface area contributed by atoms with Crippen molar-refractivity contribution in [3.63, 3.8) is 0 Å². The number of nitrogens with zero attached hydrogens (tertiary/aromatic N) is 6. The van der Waals surface area contributed by atoms with Gasteiger partial charge >= 0.3 is 25.9 Å². The van der Waals surface area contributed by atoms with E-state index in [4.69, 9.17) is 0 Å². The third-order valence-electron chi connectivity index (χ3n) is 6.50. The van der Waals surface area contributed by atoms with Gasteiger partial charge in [0.2, 0.25) is 0 Å². The van der Waals surface area contributed by atoms with Crippen LogP contribution in [-0.2, 0) is 0 Å². The molecule has 24 heteroatoms. The maximum Gasteiger partial charge on any atom is 0.673 e. The van der Waals surface area contributed by atoms with Gasteiger partial charge in [-0.2, -0.15) is 9.13 Å². The molecular formula is C28H18B2F8N6O8. The third kappa shape index (κ3) is 11.3. The van der Waals surface area contributed by atoms with Crippen LogP contribution in [0.5, 0.6) is 0 Å². The van der Waals surface area contributed by atoms with Crippen LogP contribution < -0.4 is 9.13 Å². The van der Waals surface area contributed by atoms with Gasteiger partial charge in [0.15, 0.2) is 24.8 Å². The minimum absolute atomic E-state index is 0.165. The molecule has 0 aliphatic carbocycles. The summed E-state index contributed by atoms with van der Waals surface area (Å²) in [5.74, 6) is 0. The van der Waals surface area contributed by atoms with E-state index in [2.05, 4.69) is 0 Å². The van der Waals surface area contributed by atoms with Crippen LogP contribution in [0.1, 0.15) is 0 Å². The number of aromatic nitrogens is 2. The van der Waals surface area contributed by atoms with Crippen LogP contribution in [0, 0.1) is 40.5 Å². The molecule has 0 unspecified atom stereocenters. The van der Waals surface area contributed by atoms with Crippen molar-refractivity contribution in [2.75, 3.05) is 0 Å². The van der Waals surface area contributed by atoms with Gasteiger partial charge in [0.05, 0.1) is 19.7 Å². The highest BCUT2D eigenvalue weighted by molar-refractivity contribution is 6.50. The average molecular weight is 740 g/mol. The number of benzene rings is 3. The molecule has 0 aliphatic heterocycles. The van der Waals surface area contributed by atoms with E-state index in [1.165, 1.54) is 33.4 Å². The Hall–Kier alpha value is -6.87. The van der Waals surface area contributed by atoms with Gasteiger partial charge in [-0.3, -0.25) is 40.5 Å². The SMILES string of the molecule is F[B-](F)(F)F.F[B-](F)(F)F.O=[N+]([O-])c1ccc(-[n+]2ccc(-c3ccccc3-c3cc[n+](-c4ccc([N+](=O)[O-])cc4[N+](=O)[O-])cc3)cc2)c([N+](=O)[O-])c1. The summed E-state index contributed by atoms with van der Waals surface area (Å²) in [6, 6.07) is 21.4. The van der Waals surface area contributed by atoms with Crippen LogP contribution in [-0.4, -0.2) is 34.2 Å². The van der Waals surface area contributed by atoms with Crippen molar-refractivity contribution in [2.45, 2.75) is 0 Å². The molecule has 0 radical (unpaired) electrons. The molecule has 0 spiro atoms. The summed E-state index contributed by atoms with van der Waals surface area (Å²) in [7, 11) is -12.0. The van der Waals surface area contributed by atoms with Gasteiger partial charge in [-0.15, -0.1) is 0 Å². The molecule has 2 heterocycles. The molecule has 0 saturated heterocycles. The molecule has 0 atom stereocenters. The zero-order valence-corrected chi connectivity index (χ0v) is 25.5. The van der Waals surface area contributed by atoms with Crippen molar-refractivity contribution in [3.05, 3.63) is 150 Å². The lowest BCUT2D eigenvalue weighted by Crippen LogP contribution is -2.30. The van der Waals surface area contributed by atoms with Crippen LogP contribution in [0.25, 0.3) is 33.6 Å². The molecule has 0 amide bonds. The molecule has 0 aliphatic rings. The molecule has 0 N–H and O–H groups in total. The standard InChI is InChI=1S/C28H18N6O8.2BF4/c35-31(36)21-5-7-25(27(17-21)33(39)40)29-13-9-19(10-14-29)23-3-1-2-4-24(23)20-11-15-30(16-12-20)26-8-6-22(32(37)38)18-28(26)34(41)42;2*2-1(3,4)5/h1-18H;;/q+2;2*-1. The second-order valence-corrected chi connectivity index (χ2v) is 9.90. The number of pyridine rings is 2. The lowest BCUT2D eigenvalue weighted by molar-refractivity contribution is -0.601. The van der Waals surface area contributed by atoms with Crippen molar-refractivity contribution in [1.82, 2.24) is 0 Å². The molecule has 14 nitrogen and oxygen atoms in total. The van der Waals surface area contributed by atoms with Gasteiger partial charge in [0.25, 0.3) is 22.7 Å². The molecule has 52 heavy (non-hydrogen) atoms. The Labute approximate surface area is 284 Å². The van der Waals surface area contributed by atoms with Gasteiger partial charge in [-0.25, -0.2) is 0 Å². The average Bonchev–Trinajstić information content (AvgIpc) is 3.06. The lowest BCUT2D eigenvalue weighted by Gasteiger charge is -2.09. The highest BCUT2D eigenvalue weighted by atomic mass is 19.5. The molecule has 0 saturated carbocycles. The molecule has 0 fully saturated rings. The fraction of sp³-hybridized carbons (Fsp3) is 0. The number of nitro groups is 4. The van der Waals surface area contributed by atoms with Crippen LogP contribution in [0.2, 0.25) is 0 Å². The summed E-state index contributed by atoms with van der Waals surface area (Å²) in [6.45, 7) is 0. The van der Waals surface area contributed by atoms with E-state index < -0.39 is 45.6 Å². The maximum atomic E-state index is 11.6. The van der Waals surface area contributed by atoms with E-state index in [0.29, 0.717) is 0 Å². The van der Waals surface area contributed by atoms with E-state index in [-0.39, 0.29) is 22.7 Å². The van der Waals surface area contributed by atoms with Gasteiger partial charge in [-0.1, -0.05) is 24.3 Å². The van der Waals surface area contributed by atoms with E-state index in [0.717, 1.165) is 34.4 Å². The van der Waals surface area contributed by atoms with Crippen LogP contribution >= 0.6 is 0 Å². The van der Waals surface area contributed by atoms with Gasteiger partial charge in [-0.05, 0) is 22.3 Å². The van der Waals surface area contributed by atoms with Crippen molar-refractivity contribution in [1.29, 1.82) is 0 Å². The second-order valence-electron chi connectivity index (χ2n) is 9.90. The molecule has 5 aromatic rings. The van der Waals surface area contributed by atoms with E-state index in [1.807, 2.05) is 24.3 Å². The monoisotopic (exact) mass is 740 g/mol. The number of halogens is 8. The fourth-order valence-corrected chi connectivity index (χ4v) is 4.50. The van der Waals surface area contributed by atoms with E-state index in [1.54, 1.807) is 49.1 Å². The van der Waals surface area contributed by atoms with E-state index >= 15 is 0 Å². The molecule has 3 aromatic carbocycles. The molecule has 270 valence electrons. The first-order valence-corrected chi connectivity index (χ1v) is 13.9. The number of hydrogen-bond acceptors (Lipinski definition) is 8. The molecular weight excluding hydrogens is 722 g/mol. The van der Waals surface area contributed by atoms with Crippen LogP contribution in [0.15, 0.2) is 110 Å². The zero-order chi connectivity index (χ0) is 39.0. The smallest absolute Gasteiger partial charge is 0.418 e. The molecule has 5 rings (SSSR count).